The van der Waals surface area contributed by atoms with Gasteiger partial charge in [-0.25, -0.2) is 9.78 Å². The number of carbonyl (C=O) groups is 1. The van der Waals surface area contributed by atoms with Crippen LogP contribution in [0.3, 0.4) is 0 Å². The van der Waals surface area contributed by atoms with Gasteiger partial charge in [0, 0.05) is 19.4 Å². The maximum atomic E-state index is 12.4. The number of rotatable bonds is 8. The minimum absolute atomic E-state index is 0.300. The van der Waals surface area contributed by atoms with Crippen molar-refractivity contribution in [3.05, 3.63) is 42.0 Å². The summed E-state index contributed by atoms with van der Waals surface area (Å²) < 4.78 is 18.2. The smallest absolute Gasteiger partial charge is 0.341 e. The zero-order chi connectivity index (χ0) is 18.2. The second-order valence-electron chi connectivity index (χ2n) is 5.21. The topological polar surface area (TPSA) is 62.6 Å². The molecule has 0 aliphatic carbocycles. The lowest BCUT2D eigenvalue weighted by Crippen LogP contribution is -2.10. The molecule has 0 N–H and O–H groups in total. The Labute approximate surface area is 148 Å². The van der Waals surface area contributed by atoms with Gasteiger partial charge in [0.1, 0.15) is 11.4 Å². The van der Waals surface area contributed by atoms with Crippen LogP contribution in [0.5, 0.6) is 11.5 Å². The minimum Gasteiger partial charge on any atom is -0.490 e. The number of ether oxygens (including phenoxy) is 3. The molecule has 6 nitrogen and oxygen atoms in total. The first-order valence-corrected chi connectivity index (χ1v) is 8.36. The Morgan fingerprint density at radius 2 is 1.84 bits per heavy atom. The van der Waals surface area contributed by atoms with Crippen LogP contribution in [0.25, 0.3) is 11.6 Å². The molecule has 0 amide bonds. The van der Waals surface area contributed by atoms with E-state index in [1.165, 1.54) is 0 Å². The van der Waals surface area contributed by atoms with E-state index in [0.29, 0.717) is 42.7 Å². The van der Waals surface area contributed by atoms with Gasteiger partial charge in [0.05, 0.1) is 19.8 Å². The van der Waals surface area contributed by atoms with E-state index >= 15 is 0 Å². The molecule has 1 heterocycles. The first-order chi connectivity index (χ1) is 12.1. The molecule has 0 bridgehead atoms. The van der Waals surface area contributed by atoms with Crippen molar-refractivity contribution in [3.63, 3.8) is 0 Å². The maximum Gasteiger partial charge on any atom is 0.341 e. The van der Waals surface area contributed by atoms with Crippen LogP contribution in [0.1, 0.15) is 32.2 Å². The Morgan fingerprint density at radius 1 is 1.12 bits per heavy atom. The molecule has 2 rings (SSSR count). The van der Waals surface area contributed by atoms with Crippen LogP contribution in [0.4, 0.5) is 0 Å². The van der Waals surface area contributed by atoms with Gasteiger partial charge in [-0.3, -0.25) is 0 Å². The monoisotopic (exact) mass is 344 g/mol. The van der Waals surface area contributed by atoms with E-state index in [-0.39, 0.29) is 0 Å². The molecule has 1 aromatic heterocycles. The van der Waals surface area contributed by atoms with Gasteiger partial charge >= 0.3 is 5.97 Å². The lowest BCUT2D eigenvalue weighted by atomic mass is 10.1. The van der Waals surface area contributed by atoms with E-state index in [0.717, 1.165) is 5.56 Å². The van der Waals surface area contributed by atoms with Crippen molar-refractivity contribution in [2.24, 2.45) is 7.05 Å². The molecule has 6 heteroatoms. The van der Waals surface area contributed by atoms with Crippen LogP contribution in [0.2, 0.25) is 0 Å². The quantitative estimate of drug-likeness (QED) is 0.543. The van der Waals surface area contributed by atoms with Crippen molar-refractivity contribution in [2.75, 3.05) is 19.8 Å². The first-order valence-electron chi connectivity index (χ1n) is 8.36. The van der Waals surface area contributed by atoms with Crippen LogP contribution >= 0.6 is 0 Å². The van der Waals surface area contributed by atoms with Gasteiger partial charge in [0.15, 0.2) is 11.5 Å². The average molecular weight is 344 g/mol. The fourth-order valence-electron chi connectivity index (χ4n) is 2.37. The summed E-state index contributed by atoms with van der Waals surface area (Å²) in [6, 6.07) is 5.55. The molecule has 0 atom stereocenters. The summed E-state index contributed by atoms with van der Waals surface area (Å²) in [5, 5.41) is 0. The lowest BCUT2D eigenvalue weighted by molar-refractivity contribution is -0.136. The van der Waals surface area contributed by atoms with E-state index in [1.807, 2.05) is 39.1 Å². The number of esters is 1. The third-order valence-corrected chi connectivity index (χ3v) is 3.44. The Kier molecular flexibility index (Phi) is 6.62. The fourth-order valence-corrected chi connectivity index (χ4v) is 2.37. The number of nitrogens with zero attached hydrogens (tertiary/aromatic N) is 2. The molecule has 0 spiro atoms. The molecule has 0 unspecified atom stereocenters. The summed E-state index contributed by atoms with van der Waals surface area (Å²) in [5.41, 5.74) is 1.19. The third kappa shape index (κ3) is 4.62. The molecule has 0 radical (unpaired) electrons. The Morgan fingerprint density at radius 3 is 2.44 bits per heavy atom. The van der Waals surface area contributed by atoms with Crippen molar-refractivity contribution in [1.82, 2.24) is 9.55 Å². The molecule has 0 saturated heterocycles. The van der Waals surface area contributed by atoms with Crippen molar-refractivity contribution in [1.29, 1.82) is 0 Å². The molecule has 25 heavy (non-hydrogen) atoms. The van der Waals surface area contributed by atoms with Crippen LogP contribution in [-0.2, 0) is 16.6 Å². The summed E-state index contributed by atoms with van der Waals surface area (Å²) in [6.07, 6.45) is 5.18. The second kappa shape index (κ2) is 8.92. The van der Waals surface area contributed by atoms with Gasteiger partial charge in [0.25, 0.3) is 0 Å². The van der Waals surface area contributed by atoms with Gasteiger partial charge in [-0.05, 0) is 44.5 Å². The molecule has 0 aliphatic rings. The number of imidazole rings is 1. The molecular formula is C19H24N2O4. The number of aromatic nitrogens is 2. The summed E-state index contributed by atoms with van der Waals surface area (Å²) in [4.78, 5) is 16.6. The van der Waals surface area contributed by atoms with E-state index in [4.69, 9.17) is 14.2 Å². The maximum absolute atomic E-state index is 12.4. The normalized spacial score (nSPS) is 11.3. The first kappa shape index (κ1) is 18.6. The Hall–Kier alpha value is -2.76. The Balaban J connectivity index is 2.46. The highest BCUT2D eigenvalue weighted by Gasteiger charge is 2.18. The van der Waals surface area contributed by atoms with E-state index in [2.05, 4.69) is 4.98 Å². The van der Waals surface area contributed by atoms with Crippen LogP contribution < -0.4 is 9.47 Å². The molecule has 134 valence electrons. The molecule has 0 aliphatic heterocycles. The van der Waals surface area contributed by atoms with E-state index in [1.54, 1.807) is 30.0 Å². The van der Waals surface area contributed by atoms with Crippen molar-refractivity contribution in [3.8, 4) is 11.5 Å². The number of hydrogen-bond donors (Lipinski definition) is 0. The highest BCUT2D eigenvalue weighted by atomic mass is 16.5. The van der Waals surface area contributed by atoms with Gasteiger partial charge in [-0.2, -0.15) is 0 Å². The molecule has 0 saturated carbocycles. The summed E-state index contributed by atoms with van der Waals surface area (Å²) in [6.45, 7) is 6.99. The largest absolute Gasteiger partial charge is 0.490 e. The van der Waals surface area contributed by atoms with Crippen LogP contribution in [0.15, 0.2) is 30.6 Å². The van der Waals surface area contributed by atoms with E-state index < -0.39 is 5.97 Å². The minimum atomic E-state index is -0.413. The van der Waals surface area contributed by atoms with Crippen molar-refractivity contribution >= 4 is 17.6 Å². The zero-order valence-corrected chi connectivity index (χ0v) is 15.1. The van der Waals surface area contributed by atoms with Crippen LogP contribution in [0, 0.1) is 0 Å². The summed E-state index contributed by atoms with van der Waals surface area (Å²) >= 11 is 0. The third-order valence-electron chi connectivity index (χ3n) is 3.44. The van der Waals surface area contributed by atoms with Gasteiger partial charge in [-0.15, -0.1) is 0 Å². The van der Waals surface area contributed by atoms with Crippen molar-refractivity contribution in [2.45, 2.75) is 20.8 Å². The average Bonchev–Trinajstić information content (AvgIpc) is 3.01. The molecule has 1 aromatic carbocycles. The molecule has 2 aromatic rings. The number of aryl methyl sites for hydroxylation is 1. The predicted molar refractivity (Wildman–Crippen MR) is 96.5 cm³/mol. The lowest BCUT2D eigenvalue weighted by Gasteiger charge is -2.12. The van der Waals surface area contributed by atoms with Gasteiger partial charge < -0.3 is 18.8 Å². The second-order valence-corrected chi connectivity index (χ2v) is 5.21. The SMILES string of the molecule is CCOC(=O)C(=Cc1ccc(OCC)c(OCC)c1)c1nccn1C. The number of carbonyl (C=O) groups excluding carboxylic acids is 1. The summed E-state index contributed by atoms with van der Waals surface area (Å²) in [7, 11) is 1.83. The predicted octanol–water partition coefficient (Wildman–Crippen LogP) is 3.32. The molecule has 0 fully saturated rings. The zero-order valence-electron chi connectivity index (χ0n) is 15.1. The standard InChI is InChI=1S/C19H24N2O4/c1-5-23-16-9-8-14(13-17(16)24-6-2)12-15(19(22)25-7-3)18-20-10-11-21(18)4/h8-13H,5-7H2,1-4H3. The highest BCUT2D eigenvalue weighted by Crippen LogP contribution is 2.30. The Bertz CT molecular complexity index is 750. The molecular weight excluding hydrogens is 320 g/mol. The highest BCUT2D eigenvalue weighted by molar-refractivity contribution is 6.20. The number of benzene rings is 1. The van der Waals surface area contributed by atoms with E-state index in [9.17, 15) is 4.79 Å². The van der Waals surface area contributed by atoms with Gasteiger partial charge in [0.2, 0.25) is 0 Å². The van der Waals surface area contributed by atoms with Crippen molar-refractivity contribution < 1.29 is 19.0 Å². The van der Waals surface area contributed by atoms with Crippen LogP contribution in [-0.4, -0.2) is 35.3 Å². The fraction of sp³-hybridized carbons (Fsp3) is 0.368. The van der Waals surface area contributed by atoms with Gasteiger partial charge in [-0.1, -0.05) is 6.07 Å². The number of hydrogen-bond acceptors (Lipinski definition) is 5. The summed E-state index contributed by atoms with van der Waals surface area (Å²) in [5.74, 6) is 1.45.